The second kappa shape index (κ2) is 16.1. The summed E-state index contributed by atoms with van der Waals surface area (Å²) in [4.78, 5) is 29.7. The predicted octanol–water partition coefficient (Wildman–Crippen LogP) is 8.38. The lowest BCUT2D eigenvalue weighted by atomic mass is 9.84. The third-order valence-electron chi connectivity index (χ3n) is 10.4. The zero-order chi connectivity index (χ0) is 36.0. The number of hydrogen-bond acceptors (Lipinski definition) is 5. The number of nitrogens with zero attached hydrogens (tertiary/aromatic N) is 1. The van der Waals surface area contributed by atoms with E-state index in [1.54, 1.807) is 0 Å². The molecule has 1 fully saturated rings. The van der Waals surface area contributed by atoms with E-state index in [-0.39, 0.29) is 41.3 Å². The zero-order valence-corrected chi connectivity index (χ0v) is 31.5. The van der Waals surface area contributed by atoms with E-state index >= 15 is 0 Å². The lowest BCUT2D eigenvalue weighted by molar-refractivity contribution is -0.125. The van der Waals surface area contributed by atoms with Crippen molar-refractivity contribution >= 4 is 23.8 Å². The maximum Gasteiger partial charge on any atom is 0.410 e. The van der Waals surface area contributed by atoms with Gasteiger partial charge in [-0.3, -0.25) is 4.79 Å². The smallest absolute Gasteiger partial charge is 0.410 e. The number of nitrogens with one attached hydrogen (secondary N) is 2. The summed E-state index contributed by atoms with van der Waals surface area (Å²) in [6, 6.07) is 40.1. The van der Waals surface area contributed by atoms with Gasteiger partial charge in [-0.2, -0.15) is 0 Å². The van der Waals surface area contributed by atoms with Gasteiger partial charge in [0.1, 0.15) is 5.60 Å². The molecular weight excluding hydrogens is 651 g/mol. The van der Waals surface area contributed by atoms with Gasteiger partial charge in [0.25, 0.3) is 0 Å². The molecule has 7 heteroatoms. The monoisotopic (exact) mass is 703 g/mol. The van der Waals surface area contributed by atoms with Crippen LogP contribution < -0.4 is 10.6 Å². The first kappa shape index (κ1) is 36.7. The van der Waals surface area contributed by atoms with Gasteiger partial charge >= 0.3 is 6.09 Å². The predicted molar refractivity (Wildman–Crippen MR) is 209 cm³/mol. The summed E-state index contributed by atoms with van der Waals surface area (Å²) in [7, 11) is 0. The van der Waals surface area contributed by atoms with Gasteiger partial charge < -0.3 is 20.3 Å². The minimum absolute atomic E-state index is 0.0335. The van der Waals surface area contributed by atoms with Crippen molar-refractivity contribution in [3.05, 3.63) is 143 Å². The van der Waals surface area contributed by atoms with Crippen LogP contribution in [-0.2, 0) is 27.1 Å². The highest BCUT2D eigenvalue weighted by atomic mass is 32.2. The highest BCUT2D eigenvalue weighted by molar-refractivity contribution is 8.01. The van der Waals surface area contributed by atoms with Crippen LogP contribution in [0.1, 0.15) is 75.3 Å². The molecule has 4 aromatic rings. The van der Waals surface area contributed by atoms with Crippen LogP contribution in [0.3, 0.4) is 0 Å². The summed E-state index contributed by atoms with van der Waals surface area (Å²) in [5, 5.41) is 7.12. The molecule has 2 amide bonds. The number of fused-ring (bicyclic) bond motifs is 1. The van der Waals surface area contributed by atoms with Crippen LogP contribution in [0.5, 0.6) is 0 Å². The lowest BCUT2D eigenvalue weighted by Gasteiger charge is -2.37. The molecule has 1 heterocycles. The zero-order valence-electron chi connectivity index (χ0n) is 30.7. The van der Waals surface area contributed by atoms with E-state index in [1.807, 2.05) is 37.4 Å². The van der Waals surface area contributed by atoms with Crippen LogP contribution in [0, 0.1) is 5.92 Å². The second-order valence-corrected chi connectivity index (χ2v) is 16.7. The Morgan fingerprint density at radius 1 is 0.804 bits per heavy atom. The van der Waals surface area contributed by atoms with Crippen LogP contribution in [0.15, 0.2) is 115 Å². The Kier molecular flexibility index (Phi) is 11.6. The van der Waals surface area contributed by atoms with Crippen molar-refractivity contribution in [2.45, 2.75) is 94.0 Å². The largest absolute Gasteiger partial charge is 0.444 e. The number of benzene rings is 4. The second-order valence-electron chi connectivity index (χ2n) is 15.2. The summed E-state index contributed by atoms with van der Waals surface area (Å²) in [6.07, 6.45) is 3.03. The fourth-order valence-electron chi connectivity index (χ4n) is 7.67. The van der Waals surface area contributed by atoms with Crippen molar-refractivity contribution in [2.75, 3.05) is 13.1 Å². The summed E-state index contributed by atoms with van der Waals surface area (Å²) >= 11 is 1.91. The minimum atomic E-state index is -0.625. The molecule has 0 spiro atoms. The van der Waals surface area contributed by atoms with Gasteiger partial charge in [0.15, 0.2) is 0 Å². The van der Waals surface area contributed by atoms with Crippen LogP contribution in [-0.4, -0.2) is 59.0 Å². The quantitative estimate of drug-likeness (QED) is 0.145. The molecule has 6 rings (SSSR count). The van der Waals surface area contributed by atoms with Crippen LogP contribution >= 0.6 is 11.8 Å². The Bertz CT molecular complexity index is 1620. The average molecular weight is 704 g/mol. The number of carbonyl (C=O) groups excluding carboxylic acids is 2. The van der Waals surface area contributed by atoms with Crippen molar-refractivity contribution in [1.29, 1.82) is 0 Å². The molecule has 4 aromatic carbocycles. The molecule has 0 bridgehead atoms. The molecule has 4 atom stereocenters. The summed E-state index contributed by atoms with van der Waals surface area (Å²) in [5.74, 6) is 0.156. The van der Waals surface area contributed by atoms with Crippen molar-refractivity contribution < 1.29 is 14.3 Å². The van der Waals surface area contributed by atoms with E-state index < -0.39 is 10.3 Å². The van der Waals surface area contributed by atoms with Gasteiger partial charge in [-0.25, -0.2) is 4.79 Å². The van der Waals surface area contributed by atoms with Crippen molar-refractivity contribution in [3.63, 3.8) is 0 Å². The van der Waals surface area contributed by atoms with Gasteiger partial charge in [0.2, 0.25) is 5.91 Å². The maximum absolute atomic E-state index is 13.9. The van der Waals surface area contributed by atoms with E-state index in [2.05, 4.69) is 140 Å². The molecule has 51 heavy (non-hydrogen) atoms. The van der Waals surface area contributed by atoms with Gasteiger partial charge in [0.05, 0.1) is 10.8 Å². The molecular formula is C44H53N3O3S. The van der Waals surface area contributed by atoms with E-state index in [4.69, 9.17) is 4.74 Å². The van der Waals surface area contributed by atoms with Crippen LogP contribution in [0.4, 0.5) is 4.79 Å². The standard InChI is InChI=1S/C44H53N3O3S/c1-6-31(2)40(41(48)46-37-26-32-18-16-17-19-33(32)27-37)45-29-38-28-39(30-47(38)42(49)50-43(3,4)5)51-44(34-20-10-7-11-21-34,35-22-12-8-13-23-35)36-24-14-9-15-25-36/h7-25,31,37-40,45H,6,26-30H2,1-5H3,(H,46,48)/t31-,38+,39+,40-/m0/s1. The SMILES string of the molecule is CC[C@H](C)[C@H](NC[C@H]1C[C@@H](SC(c2ccccc2)(c2ccccc2)c2ccccc2)CN1C(=O)OC(C)(C)C)C(=O)NC1Cc2ccccc2C1. The molecule has 0 unspecified atom stereocenters. The molecule has 6 nitrogen and oxygen atoms in total. The van der Waals surface area contributed by atoms with E-state index in [0.29, 0.717) is 13.1 Å². The first-order chi connectivity index (χ1) is 24.6. The fourth-order valence-corrected chi connectivity index (χ4v) is 9.54. The van der Waals surface area contributed by atoms with Crippen molar-refractivity contribution in [3.8, 4) is 0 Å². The Balaban J connectivity index is 1.27. The molecule has 0 saturated carbocycles. The number of hydrogen-bond donors (Lipinski definition) is 2. The number of thioether (sulfide) groups is 1. The molecule has 0 radical (unpaired) electrons. The topological polar surface area (TPSA) is 70.7 Å². The number of likely N-dealkylation sites (tertiary alicyclic amines) is 1. The van der Waals surface area contributed by atoms with Crippen LogP contribution in [0.2, 0.25) is 0 Å². The molecule has 2 N–H and O–H groups in total. The van der Waals surface area contributed by atoms with Gasteiger partial charge in [-0.15, -0.1) is 11.8 Å². The first-order valence-corrected chi connectivity index (χ1v) is 19.4. The Hall–Kier alpha value is -4.07. The molecule has 268 valence electrons. The average Bonchev–Trinajstić information content (AvgIpc) is 3.74. The summed E-state index contributed by atoms with van der Waals surface area (Å²) in [6.45, 7) is 11.0. The summed E-state index contributed by atoms with van der Waals surface area (Å²) in [5.41, 5.74) is 5.59. The third kappa shape index (κ3) is 8.53. The van der Waals surface area contributed by atoms with Crippen molar-refractivity contribution in [1.82, 2.24) is 15.5 Å². The maximum atomic E-state index is 13.9. The number of rotatable bonds is 12. The number of amides is 2. The van der Waals surface area contributed by atoms with Gasteiger partial charge in [-0.05, 0) is 73.8 Å². The highest BCUT2D eigenvalue weighted by Gasteiger charge is 2.45. The Morgan fingerprint density at radius 3 is 1.76 bits per heavy atom. The normalized spacial score (nSPS) is 19.0. The number of ether oxygens (including phenoxy) is 1. The molecule has 0 aromatic heterocycles. The highest BCUT2D eigenvalue weighted by Crippen LogP contribution is 2.52. The fraction of sp³-hybridized carbons (Fsp3) is 0.409. The first-order valence-electron chi connectivity index (χ1n) is 18.5. The molecule has 1 saturated heterocycles. The van der Waals surface area contributed by atoms with Gasteiger partial charge in [0, 0.05) is 30.4 Å². The Labute approximate surface area is 308 Å². The lowest BCUT2D eigenvalue weighted by Crippen LogP contribution is -2.54. The number of carbonyl (C=O) groups is 2. The Morgan fingerprint density at radius 2 is 1.29 bits per heavy atom. The van der Waals surface area contributed by atoms with Crippen molar-refractivity contribution in [2.24, 2.45) is 5.92 Å². The molecule has 1 aliphatic heterocycles. The van der Waals surface area contributed by atoms with Crippen LogP contribution in [0.25, 0.3) is 0 Å². The third-order valence-corrected chi connectivity index (χ3v) is 12.1. The molecule has 2 aliphatic rings. The van der Waals surface area contributed by atoms with E-state index in [1.165, 1.54) is 27.8 Å². The summed E-state index contributed by atoms with van der Waals surface area (Å²) < 4.78 is 5.49. The van der Waals surface area contributed by atoms with E-state index in [9.17, 15) is 9.59 Å². The van der Waals surface area contributed by atoms with E-state index in [0.717, 1.165) is 25.7 Å². The molecule has 1 aliphatic carbocycles. The minimum Gasteiger partial charge on any atom is -0.444 e. The van der Waals surface area contributed by atoms with Gasteiger partial charge in [-0.1, -0.05) is 136 Å².